The molecule has 1 N–H and O–H groups in total. The molecule has 1 aromatic rings. The zero-order chi connectivity index (χ0) is 10.4. The van der Waals surface area contributed by atoms with Crippen LogP contribution in [0.3, 0.4) is 0 Å². The number of carbonyl (C=O) groups excluding carboxylic acids is 1. The van der Waals surface area contributed by atoms with Crippen LogP contribution in [0, 0.1) is 6.92 Å². The molecule has 0 aliphatic carbocycles. The highest BCUT2D eigenvalue weighted by Crippen LogP contribution is 2.26. The van der Waals surface area contributed by atoms with E-state index in [1.54, 1.807) is 4.90 Å². The maximum Gasteiger partial charge on any atom is 0.327 e. The highest BCUT2D eigenvalue weighted by atomic mass is 16.2. The summed E-state index contributed by atoms with van der Waals surface area (Å²) in [5.41, 5.74) is 3.08. The van der Waals surface area contributed by atoms with Crippen molar-refractivity contribution in [2.45, 2.75) is 6.92 Å². The van der Waals surface area contributed by atoms with Gasteiger partial charge in [0, 0.05) is 12.1 Å². The molecule has 0 saturated heterocycles. The lowest BCUT2D eigenvalue weighted by atomic mass is 10.1. The van der Waals surface area contributed by atoms with Crippen LogP contribution in [0.5, 0.6) is 0 Å². The molecule has 0 bridgehead atoms. The van der Waals surface area contributed by atoms with Crippen LogP contribution in [-0.4, -0.2) is 29.9 Å². The number of nitrogens with zero attached hydrogens (tertiary/aromatic N) is 2. The molecule has 2 aliphatic rings. The SMILES string of the molecule is Cc1ccc2c(c1)C1=NCCN1C(=O)N2. The summed E-state index contributed by atoms with van der Waals surface area (Å²) >= 11 is 0. The molecular formula is C11H11N3O. The number of fused-ring (bicyclic) bond motifs is 3. The lowest BCUT2D eigenvalue weighted by Gasteiger charge is -2.26. The quantitative estimate of drug-likeness (QED) is 0.680. The second-order valence-corrected chi connectivity index (χ2v) is 3.84. The van der Waals surface area contributed by atoms with Crippen molar-refractivity contribution in [1.82, 2.24) is 4.90 Å². The number of anilines is 1. The second-order valence-electron chi connectivity index (χ2n) is 3.84. The van der Waals surface area contributed by atoms with Crippen molar-refractivity contribution in [3.8, 4) is 0 Å². The van der Waals surface area contributed by atoms with Gasteiger partial charge in [0.1, 0.15) is 5.84 Å². The van der Waals surface area contributed by atoms with Gasteiger partial charge in [-0.25, -0.2) is 4.79 Å². The normalized spacial score (nSPS) is 18.1. The molecule has 1 aromatic carbocycles. The zero-order valence-corrected chi connectivity index (χ0v) is 8.45. The second kappa shape index (κ2) is 2.82. The van der Waals surface area contributed by atoms with E-state index in [1.807, 2.05) is 19.1 Å². The molecule has 2 heterocycles. The van der Waals surface area contributed by atoms with E-state index in [0.717, 1.165) is 17.1 Å². The first-order valence-electron chi connectivity index (χ1n) is 5.00. The highest BCUT2D eigenvalue weighted by molar-refractivity contribution is 6.19. The fraction of sp³-hybridized carbons (Fsp3) is 0.273. The van der Waals surface area contributed by atoms with Crippen LogP contribution in [0.4, 0.5) is 10.5 Å². The Bertz CT molecular complexity index is 479. The zero-order valence-electron chi connectivity index (χ0n) is 8.45. The van der Waals surface area contributed by atoms with Crippen LogP contribution in [0.1, 0.15) is 11.1 Å². The van der Waals surface area contributed by atoms with Gasteiger partial charge < -0.3 is 5.32 Å². The van der Waals surface area contributed by atoms with Crippen molar-refractivity contribution in [1.29, 1.82) is 0 Å². The van der Waals surface area contributed by atoms with Gasteiger partial charge in [0.2, 0.25) is 0 Å². The topological polar surface area (TPSA) is 44.7 Å². The Hall–Kier alpha value is -1.84. The minimum absolute atomic E-state index is 0.0670. The van der Waals surface area contributed by atoms with Gasteiger partial charge in [-0.15, -0.1) is 0 Å². The van der Waals surface area contributed by atoms with Crippen LogP contribution in [0.25, 0.3) is 0 Å². The van der Waals surface area contributed by atoms with E-state index in [4.69, 9.17) is 0 Å². The van der Waals surface area contributed by atoms with E-state index in [1.165, 1.54) is 5.56 Å². The van der Waals surface area contributed by atoms with Crippen LogP contribution in [0.15, 0.2) is 23.2 Å². The monoisotopic (exact) mass is 201 g/mol. The van der Waals surface area contributed by atoms with Gasteiger partial charge in [0.15, 0.2) is 0 Å². The summed E-state index contributed by atoms with van der Waals surface area (Å²) in [5.74, 6) is 0.817. The fourth-order valence-electron chi connectivity index (χ4n) is 2.01. The van der Waals surface area contributed by atoms with Gasteiger partial charge in [-0.2, -0.15) is 0 Å². The molecule has 2 amide bonds. The van der Waals surface area contributed by atoms with Gasteiger partial charge in [0.05, 0.1) is 12.2 Å². The highest BCUT2D eigenvalue weighted by Gasteiger charge is 2.31. The van der Waals surface area contributed by atoms with E-state index in [9.17, 15) is 4.79 Å². The molecule has 4 heteroatoms. The molecular weight excluding hydrogens is 190 g/mol. The summed E-state index contributed by atoms with van der Waals surface area (Å²) in [4.78, 5) is 17.7. The first kappa shape index (κ1) is 8.47. The Morgan fingerprint density at radius 3 is 3.20 bits per heavy atom. The Labute approximate surface area is 87.6 Å². The van der Waals surface area contributed by atoms with Crippen LogP contribution in [-0.2, 0) is 0 Å². The summed E-state index contributed by atoms with van der Waals surface area (Å²) in [5, 5.41) is 2.86. The van der Waals surface area contributed by atoms with Crippen LogP contribution >= 0.6 is 0 Å². The Morgan fingerprint density at radius 2 is 2.33 bits per heavy atom. The number of benzene rings is 1. The van der Waals surface area contributed by atoms with E-state index in [0.29, 0.717) is 13.1 Å². The van der Waals surface area contributed by atoms with Gasteiger partial charge in [-0.1, -0.05) is 11.6 Å². The van der Waals surface area contributed by atoms with E-state index in [2.05, 4.69) is 16.4 Å². The van der Waals surface area contributed by atoms with Crippen molar-refractivity contribution in [2.75, 3.05) is 18.4 Å². The number of aryl methyl sites for hydroxylation is 1. The molecule has 0 spiro atoms. The fourth-order valence-corrected chi connectivity index (χ4v) is 2.01. The molecule has 3 rings (SSSR count). The Kier molecular flexibility index (Phi) is 1.59. The van der Waals surface area contributed by atoms with E-state index < -0.39 is 0 Å². The van der Waals surface area contributed by atoms with Crippen molar-refractivity contribution >= 4 is 17.6 Å². The number of amidine groups is 1. The van der Waals surface area contributed by atoms with E-state index >= 15 is 0 Å². The average Bonchev–Trinajstić information content (AvgIpc) is 2.69. The molecule has 2 aliphatic heterocycles. The summed E-state index contributed by atoms with van der Waals surface area (Å²) < 4.78 is 0. The third kappa shape index (κ3) is 1.14. The molecule has 0 radical (unpaired) electrons. The smallest absolute Gasteiger partial charge is 0.307 e. The third-order valence-electron chi connectivity index (χ3n) is 2.74. The minimum atomic E-state index is -0.0670. The standard InChI is InChI=1S/C11H11N3O/c1-7-2-3-9-8(6-7)10-12-4-5-14(10)11(15)13-9/h2-3,6H,4-5H2,1H3,(H,13,15). The Morgan fingerprint density at radius 1 is 1.47 bits per heavy atom. The van der Waals surface area contributed by atoms with Gasteiger partial charge in [-0.3, -0.25) is 9.89 Å². The minimum Gasteiger partial charge on any atom is -0.307 e. The van der Waals surface area contributed by atoms with Crippen LogP contribution in [0.2, 0.25) is 0 Å². The number of amides is 2. The maximum atomic E-state index is 11.7. The van der Waals surface area contributed by atoms with Crippen LogP contribution < -0.4 is 5.32 Å². The average molecular weight is 201 g/mol. The van der Waals surface area contributed by atoms with Gasteiger partial charge in [-0.05, 0) is 19.1 Å². The number of carbonyl (C=O) groups is 1. The van der Waals surface area contributed by atoms with Gasteiger partial charge in [0.25, 0.3) is 0 Å². The molecule has 4 nitrogen and oxygen atoms in total. The molecule has 0 saturated carbocycles. The number of nitrogens with one attached hydrogen (secondary N) is 1. The molecule has 0 fully saturated rings. The van der Waals surface area contributed by atoms with Crippen molar-refractivity contribution < 1.29 is 4.79 Å². The molecule has 0 aromatic heterocycles. The third-order valence-corrected chi connectivity index (χ3v) is 2.74. The summed E-state index contributed by atoms with van der Waals surface area (Å²) in [6.07, 6.45) is 0. The predicted octanol–water partition coefficient (Wildman–Crippen LogP) is 1.60. The molecule has 76 valence electrons. The lowest BCUT2D eigenvalue weighted by Crippen LogP contribution is -2.42. The number of aliphatic imine (C=N–C) groups is 1. The molecule has 0 unspecified atom stereocenters. The predicted molar refractivity (Wildman–Crippen MR) is 58.3 cm³/mol. The van der Waals surface area contributed by atoms with Crippen molar-refractivity contribution in [2.24, 2.45) is 4.99 Å². The first-order chi connectivity index (χ1) is 7.25. The summed E-state index contributed by atoms with van der Waals surface area (Å²) in [7, 11) is 0. The van der Waals surface area contributed by atoms with Gasteiger partial charge >= 0.3 is 6.03 Å². The number of urea groups is 1. The summed E-state index contributed by atoms with van der Waals surface area (Å²) in [6.45, 7) is 3.43. The van der Waals surface area contributed by atoms with Crippen molar-refractivity contribution in [3.05, 3.63) is 29.3 Å². The van der Waals surface area contributed by atoms with Crippen molar-refractivity contribution in [3.63, 3.8) is 0 Å². The maximum absolute atomic E-state index is 11.7. The first-order valence-corrected chi connectivity index (χ1v) is 5.00. The summed E-state index contributed by atoms with van der Waals surface area (Å²) in [6, 6.07) is 5.92. The number of hydrogen-bond acceptors (Lipinski definition) is 2. The Balaban J connectivity index is 2.20. The number of rotatable bonds is 0. The largest absolute Gasteiger partial charge is 0.327 e. The molecule has 0 atom stereocenters. The lowest BCUT2D eigenvalue weighted by molar-refractivity contribution is 0.235. The number of hydrogen-bond donors (Lipinski definition) is 1. The molecule has 15 heavy (non-hydrogen) atoms. The van der Waals surface area contributed by atoms with E-state index in [-0.39, 0.29) is 6.03 Å².